The molecular weight excluding hydrogens is 204 g/mol. The SMILES string of the molecule is CC(=O)NCCCNC1CS(=O)(=O)C1. The maximum atomic E-state index is 10.8. The number of carbonyl (C=O) groups excluding carboxylic acids is 1. The van der Waals surface area contributed by atoms with Crippen LogP contribution in [0.4, 0.5) is 0 Å². The van der Waals surface area contributed by atoms with E-state index in [1.54, 1.807) is 0 Å². The van der Waals surface area contributed by atoms with Crippen LogP contribution in [0.2, 0.25) is 0 Å². The van der Waals surface area contributed by atoms with E-state index in [2.05, 4.69) is 10.6 Å². The van der Waals surface area contributed by atoms with E-state index in [1.165, 1.54) is 6.92 Å². The predicted molar refractivity (Wildman–Crippen MR) is 53.7 cm³/mol. The third kappa shape index (κ3) is 4.06. The molecule has 0 aromatic carbocycles. The fraction of sp³-hybridized carbons (Fsp3) is 0.875. The highest BCUT2D eigenvalue weighted by molar-refractivity contribution is 7.92. The largest absolute Gasteiger partial charge is 0.356 e. The van der Waals surface area contributed by atoms with Crippen molar-refractivity contribution in [2.24, 2.45) is 0 Å². The fourth-order valence-electron chi connectivity index (χ4n) is 1.34. The molecule has 0 aromatic heterocycles. The summed E-state index contributed by atoms with van der Waals surface area (Å²) in [7, 11) is -2.72. The number of amides is 1. The van der Waals surface area contributed by atoms with Gasteiger partial charge in [-0.05, 0) is 13.0 Å². The van der Waals surface area contributed by atoms with Crippen molar-refractivity contribution in [3.05, 3.63) is 0 Å². The highest BCUT2D eigenvalue weighted by atomic mass is 32.2. The molecule has 0 saturated carbocycles. The van der Waals surface area contributed by atoms with Crippen LogP contribution in [0.15, 0.2) is 0 Å². The van der Waals surface area contributed by atoms with Crippen LogP contribution >= 0.6 is 0 Å². The van der Waals surface area contributed by atoms with Gasteiger partial charge in [-0.15, -0.1) is 0 Å². The number of hydrogen-bond donors (Lipinski definition) is 2. The van der Waals surface area contributed by atoms with E-state index in [1.807, 2.05) is 0 Å². The van der Waals surface area contributed by atoms with E-state index in [0.717, 1.165) is 13.0 Å². The Morgan fingerprint density at radius 3 is 2.50 bits per heavy atom. The van der Waals surface area contributed by atoms with Crippen molar-refractivity contribution in [2.45, 2.75) is 19.4 Å². The second-order valence-electron chi connectivity index (χ2n) is 3.56. The van der Waals surface area contributed by atoms with Crippen molar-refractivity contribution in [1.82, 2.24) is 10.6 Å². The second kappa shape index (κ2) is 4.75. The van der Waals surface area contributed by atoms with Crippen molar-refractivity contribution in [1.29, 1.82) is 0 Å². The van der Waals surface area contributed by atoms with E-state index in [0.29, 0.717) is 6.54 Å². The molecule has 1 aliphatic rings. The van der Waals surface area contributed by atoms with E-state index in [9.17, 15) is 13.2 Å². The summed E-state index contributed by atoms with van der Waals surface area (Å²) in [6, 6.07) is 0.123. The van der Waals surface area contributed by atoms with Crippen LogP contribution in [0, 0.1) is 0 Å². The highest BCUT2D eigenvalue weighted by Crippen LogP contribution is 2.09. The second-order valence-corrected chi connectivity index (χ2v) is 5.72. The maximum Gasteiger partial charge on any atom is 0.216 e. The Kier molecular flexibility index (Phi) is 3.88. The number of rotatable bonds is 5. The van der Waals surface area contributed by atoms with Gasteiger partial charge in [0.25, 0.3) is 0 Å². The van der Waals surface area contributed by atoms with Gasteiger partial charge in [0, 0.05) is 19.5 Å². The smallest absolute Gasteiger partial charge is 0.216 e. The van der Waals surface area contributed by atoms with E-state index in [4.69, 9.17) is 0 Å². The van der Waals surface area contributed by atoms with Gasteiger partial charge < -0.3 is 10.6 Å². The minimum Gasteiger partial charge on any atom is -0.356 e. The van der Waals surface area contributed by atoms with Crippen LogP contribution in [0.5, 0.6) is 0 Å². The van der Waals surface area contributed by atoms with Crippen molar-refractivity contribution >= 4 is 15.7 Å². The third-order valence-corrected chi connectivity index (χ3v) is 3.89. The Bertz CT molecular complexity index is 288. The van der Waals surface area contributed by atoms with Gasteiger partial charge in [-0.2, -0.15) is 0 Å². The molecule has 0 aromatic rings. The average Bonchev–Trinajstić information content (AvgIpc) is 1.99. The first-order valence-electron chi connectivity index (χ1n) is 4.68. The summed E-state index contributed by atoms with van der Waals surface area (Å²) in [4.78, 5) is 10.5. The van der Waals surface area contributed by atoms with Crippen LogP contribution in [0.25, 0.3) is 0 Å². The standard InChI is InChI=1S/C8H16N2O3S/c1-7(11)9-3-2-4-10-8-5-14(12,13)6-8/h8,10H,2-6H2,1H3,(H,9,11). The molecule has 1 aliphatic heterocycles. The highest BCUT2D eigenvalue weighted by Gasteiger charge is 2.32. The zero-order chi connectivity index (χ0) is 10.6. The molecule has 1 amide bonds. The number of sulfone groups is 1. The zero-order valence-corrected chi connectivity index (χ0v) is 9.06. The van der Waals surface area contributed by atoms with Gasteiger partial charge in [0.2, 0.25) is 5.91 Å². The molecule has 2 N–H and O–H groups in total. The molecule has 82 valence electrons. The van der Waals surface area contributed by atoms with Gasteiger partial charge >= 0.3 is 0 Å². The van der Waals surface area contributed by atoms with Crippen LogP contribution in [-0.4, -0.2) is 45.0 Å². The Morgan fingerprint density at radius 1 is 1.36 bits per heavy atom. The minimum absolute atomic E-state index is 0.0313. The van der Waals surface area contributed by atoms with Crippen LogP contribution in [-0.2, 0) is 14.6 Å². The first-order valence-corrected chi connectivity index (χ1v) is 6.50. The maximum absolute atomic E-state index is 10.8. The van der Waals surface area contributed by atoms with Gasteiger partial charge in [-0.3, -0.25) is 4.79 Å². The molecule has 0 spiro atoms. The Hall–Kier alpha value is -0.620. The van der Waals surface area contributed by atoms with E-state index < -0.39 is 9.84 Å². The number of nitrogens with one attached hydrogen (secondary N) is 2. The van der Waals surface area contributed by atoms with Gasteiger partial charge in [-0.1, -0.05) is 0 Å². The molecule has 0 unspecified atom stereocenters. The minimum atomic E-state index is -2.72. The monoisotopic (exact) mass is 220 g/mol. The normalized spacial score (nSPS) is 20.1. The summed E-state index contributed by atoms with van der Waals surface area (Å²) in [5.74, 6) is 0.483. The molecule has 5 nitrogen and oxygen atoms in total. The summed E-state index contributed by atoms with van der Waals surface area (Å²) in [6.07, 6.45) is 0.829. The Labute approximate surface area is 84.2 Å². The number of hydrogen-bond acceptors (Lipinski definition) is 4. The molecule has 0 bridgehead atoms. The summed E-state index contributed by atoms with van der Waals surface area (Å²) >= 11 is 0. The molecule has 14 heavy (non-hydrogen) atoms. The summed E-state index contributed by atoms with van der Waals surface area (Å²) in [5.41, 5.74) is 0. The van der Waals surface area contributed by atoms with Crippen molar-refractivity contribution < 1.29 is 13.2 Å². The molecule has 0 aliphatic carbocycles. The van der Waals surface area contributed by atoms with Crippen LogP contribution in [0.1, 0.15) is 13.3 Å². The first kappa shape index (κ1) is 11.5. The predicted octanol–water partition coefficient (Wildman–Crippen LogP) is -1.10. The van der Waals surface area contributed by atoms with Crippen molar-refractivity contribution in [3.63, 3.8) is 0 Å². The molecule has 1 saturated heterocycles. The van der Waals surface area contributed by atoms with Gasteiger partial charge in [0.05, 0.1) is 11.5 Å². The zero-order valence-electron chi connectivity index (χ0n) is 8.25. The fourth-order valence-corrected chi connectivity index (χ4v) is 2.71. The summed E-state index contributed by atoms with van der Waals surface area (Å²) in [5, 5.41) is 5.79. The van der Waals surface area contributed by atoms with Gasteiger partial charge in [0.15, 0.2) is 9.84 Å². The molecule has 1 heterocycles. The van der Waals surface area contributed by atoms with Gasteiger partial charge in [0.1, 0.15) is 0 Å². The Morgan fingerprint density at radius 2 is 2.00 bits per heavy atom. The van der Waals surface area contributed by atoms with Crippen molar-refractivity contribution in [2.75, 3.05) is 24.6 Å². The number of carbonyl (C=O) groups is 1. The lowest BCUT2D eigenvalue weighted by atomic mass is 10.3. The first-order chi connectivity index (χ1) is 6.49. The molecular formula is C8H16N2O3S. The Balaban J connectivity index is 1.93. The van der Waals surface area contributed by atoms with E-state index >= 15 is 0 Å². The quantitative estimate of drug-likeness (QED) is 0.577. The molecule has 1 rings (SSSR count). The average molecular weight is 220 g/mol. The lowest BCUT2D eigenvalue weighted by Gasteiger charge is -2.26. The van der Waals surface area contributed by atoms with E-state index in [-0.39, 0.29) is 23.5 Å². The van der Waals surface area contributed by atoms with Crippen molar-refractivity contribution in [3.8, 4) is 0 Å². The lowest BCUT2D eigenvalue weighted by Crippen LogP contribution is -2.51. The lowest BCUT2D eigenvalue weighted by molar-refractivity contribution is -0.118. The van der Waals surface area contributed by atoms with Gasteiger partial charge in [-0.25, -0.2) is 8.42 Å². The molecule has 6 heteroatoms. The third-order valence-electron chi connectivity index (χ3n) is 2.07. The molecule has 0 radical (unpaired) electrons. The topological polar surface area (TPSA) is 75.3 Å². The summed E-state index contributed by atoms with van der Waals surface area (Å²) < 4.78 is 21.6. The summed E-state index contributed by atoms with van der Waals surface area (Å²) in [6.45, 7) is 2.87. The molecule has 0 atom stereocenters. The van der Waals surface area contributed by atoms with Crippen LogP contribution in [0.3, 0.4) is 0 Å². The van der Waals surface area contributed by atoms with Crippen LogP contribution < -0.4 is 10.6 Å². The molecule has 1 fully saturated rings.